The number of nitrogens with zero attached hydrogens (tertiary/aromatic N) is 2. The monoisotopic (exact) mass is 438 g/mol. The first-order chi connectivity index (χ1) is 15.3. The molecule has 0 saturated heterocycles. The minimum Gasteiger partial charge on any atom is -0.449 e. The highest BCUT2D eigenvalue weighted by molar-refractivity contribution is 5.93. The summed E-state index contributed by atoms with van der Waals surface area (Å²) < 4.78 is 7.47. The van der Waals surface area contributed by atoms with E-state index in [-0.39, 0.29) is 24.6 Å². The van der Waals surface area contributed by atoms with Crippen molar-refractivity contribution in [3.63, 3.8) is 0 Å². The Kier molecular flexibility index (Phi) is 7.09. The summed E-state index contributed by atoms with van der Waals surface area (Å²) in [6.45, 7) is 5.80. The molecule has 1 heterocycles. The Bertz CT molecular complexity index is 1260. The second-order valence-electron chi connectivity index (χ2n) is 7.68. The molecule has 3 aromatic rings. The molecule has 0 bridgehead atoms. The molecule has 0 atom stereocenters. The summed E-state index contributed by atoms with van der Waals surface area (Å²) in [5.74, 6) is -0.231. The van der Waals surface area contributed by atoms with Crippen molar-refractivity contribution in [1.29, 1.82) is 0 Å². The predicted octanol–water partition coefficient (Wildman–Crippen LogP) is 3.03. The maximum absolute atomic E-state index is 12.8. The topological polar surface area (TPSA) is 111 Å². The third-order valence-electron chi connectivity index (χ3n) is 4.69. The van der Waals surface area contributed by atoms with Crippen LogP contribution in [0.2, 0.25) is 0 Å². The molecule has 0 saturated carbocycles. The van der Waals surface area contributed by atoms with Crippen molar-refractivity contribution < 1.29 is 14.3 Å². The highest BCUT2D eigenvalue weighted by Gasteiger charge is 2.15. The zero-order valence-corrected chi connectivity index (χ0v) is 18.3. The first-order valence-electron chi connectivity index (χ1n) is 10.4. The van der Waals surface area contributed by atoms with Crippen LogP contribution in [0.1, 0.15) is 20.8 Å². The molecule has 0 spiro atoms. The molecular formula is C23H26N4O5. The first kappa shape index (κ1) is 22.8. The number of benzene rings is 2. The number of para-hydroxylation sites is 1. The molecule has 0 radical (unpaired) electrons. The van der Waals surface area contributed by atoms with Crippen LogP contribution >= 0.6 is 0 Å². The van der Waals surface area contributed by atoms with E-state index in [0.29, 0.717) is 28.9 Å². The molecule has 2 N–H and O–H groups in total. The zero-order valence-electron chi connectivity index (χ0n) is 18.3. The van der Waals surface area contributed by atoms with E-state index in [1.165, 1.54) is 4.57 Å². The van der Waals surface area contributed by atoms with Crippen molar-refractivity contribution in [1.82, 2.24) is 9.13 Å². The molecule has 168 valence electrons. The number of hydrogen-bond donors (Lipinski definition) is 2. The number of rotatable bonds is 7. The van der Waals surface area contributed by atoms with Crippen LogP contribution in [-0.4, -0.2) is 27.7 Å². The van der Waals surface area contributed by atoms with Gasteiger partial charge in [0.2, 0.25) is 5.91 Å². The van der Waals surface area contributed by atoms with Gasteiger partial charge in [-0.25, -0.2) is 9.59 Å². The molecule has 0 unspecified atom stereocenters. The second-order valence-corrected chi connectivity index (χ2v) is 7.68. The van der Waals surface area contributed by atoms with Gasteiger partial charge in [0.25, 0.3) is 5.56 Å². The summed E-state index contributed by atoms with van der Waals surface area (Å²) in [6.07, 6.45) is -0.581. The van der Waals surface area contributed by atoms with E-state index in [0.717, 1.165) is 4.57 Å². The third kappa shape index (κ3) is 5.23. The van der Waals surface area contributed by atoms with Crippen molar-refractivity contribution in [3.05, 3.63) is 69.4 Å². The van der Waals surface area contributed by atoms with Gasteiger partial charge >= 0.3 is 11.8 Å². The molecule has 32 heavy (non-hydrogen) atoms. The number of carbonyl (C=O) groups excluding carboxylic acids is 2. The lowest BCUT2D eigenvalue weighted by Crippen LogP contribution is -2.41. The maximum atomic E-state index is 12.8. The number of nitrogens with one attached hydrogen (secondary N) is 2. The molecular weight excluding hydrogens is 412 g/mol. The van der Waals surface area contributed by atoms with Crippen molar-refractivity contribution in [2.45, 2.75) is 33.9 Å². The van der Waals surface area contributed by atoms with Crippen LogP contribution in [0.3, 0.4) is 0 Å². The van der Waals surface area contributed by atoms with E-state index in [1.54, 1.807) is 55.5 Å². The molecule has 0 aliphatic carbocycles. The highest BCUT2D eigenvalue weighted by Crippen LogP contribution is 2.16. The van der Waals surface area contributed by atoms with Crippen LogP contribution < -0.4 is 21.9 Å². The lowest BCUT2D eigenvalue weighted by Gasteiger charge is -2.14. The highest BCUT2D eigenvalue weighted by atomic mass is 16.5. The van der Waals surface area contributed by atoms with Crippen LogP contribution in [-0.2, 0) is 22.6 Å². The van der Waals surface area contributed by atoms with E-state index in [4.69, 9.17) is 4.74 Å². The molecule has 2 aromatic carbocycles. The Morgan fingerprint density at radius 2 is 1.66 bits per heavy atom. The van der Waals surface area contributed by atoms with Gasteiger partial charge in [0, 0.05) is 17.9 Å². The van der Waals surface area contributed by atoms with Crippen molar-refractivity contribution >= 4 is 34.3 Å². The standard InChI is InChI=1S/C23H26N4O5/c1-4-26-21(29)18-10-5-6-11-19(18)27(23(26)31)13-20(28)24-16-8-7-9-17(12-16)25-22(30)32-14-15(2)3/h5-12,15H,4,13-14H2,1-3H3,(H,24,28)(H,25,30). The fraction of sp³-hybridized carbons (Fsp3) is 0.304. The summed E-state index contributed by atoms with van der Waals surface area (Å²) in [7, 11) is 0. The third-order valence-corrected chi connectivity index (χ3v) is 4.69. The summed E-state index contributed by atoms with van der Waals surface area (Å²) in [6, 6.07) is 13.3. The molecule has 9 heteroatoms. The van der Waals surface area contributed by atoms with Crippen molar-refractivity contribution in [2.75, 3.05) is 17.2 Å². The number of hydrogen-bond acceptors (Lipinski definition) is 5. The fourth-order valence-corrected chi connectivity index (χ4v) is 3.22. The smallest absolute Gasteiger partial charge is 0.411 e. The van der Waals surface area contributed by atoms with E-state index in [1.807, 2.05) is 13.8 Å². The SMILES string of the molecule is CCn1c(=O)c2ccccc2n(CC(=O)Nc2cccc(NC(=O)OCC(C)C)c2)c1=O. The Balaban J connectivity index is 1.79. The van der Waals surface area contributed by atoms with Gasteiger partial charge in [-0.05, 0) is 43.2 Å². The Hall–Kier alpha value is -3.88. The number of carbonyl (C=O) groups is 2. The minimum atomic E-state index is -0.581. The van der Waals surface area contributed by atoms with E-state index in [2.05, 4.69) is 10.6 Å². The Morgan fingerprint density at radius 1 is 0.969 bits per heavy atom. The molecule has 9 nitrogen and oxygen atoms in total. The molecule has 0 fully saturated rings. The van der Waals surface area contributed by atoms with Crippen LogP contribution in [0.25, 0.3) is 10.9 Å². The summed E-state index contributed by atoms with van der Waals surface area (Å²) in [5.41, 5.74) is 0.366. The summed E-state index contributed by atoms with van der Waals surface area (Å²) >= 11 is 0. The van der Waals surface area contributed by atoms with Crippen molar-refractivity contribution in [2.24, 2.45) is 5.92 Å². The largest absolute Gasteiger partial charge is 0.449 e. The molecule has 2 amide bonds. The molecule has 0 aliphatic rings. The van der Waals surface area contributed by atoms with Crippen LogP contribution in [0.15, 0.2) is 58.1 Å². The Morgan fingerprint density at radius 3 is 2.34 bits per heavy atom. The number of aromatic nitrogens is 2. The van der Waals surface area contributed by atoms with Gasteiger partial charge in [0.15, 0.2) is 0 Å². The lowest BCUT2D eigenvalue weighted by atomic mass is 10.2. The van der Waals surface area contributed by atoms with Gasteiger partial charge in [-0.2, -0.15) is 0 Å². The fourth-order valence-electron chi connectivity index (χ4n) is 3.22. The number of fused-ring (bicyclic) bond motifs is 1. The van der Waals surface area contributed by atoms with Crippen molar-refractivity contribution in [3.8, 4) is 0 Å². The Labute approximate surface area is 184 Å². The van der Waals surface area contributed by atoms with Crippen LogP contribution in [0.5, 0.6) is 0 Å². The quantitative estimate of drug-likeness (QED) is 0.589. The average molecular weight is 438 g/mol. The van der Waals surface area contributed by atoms with Gasteiger partial charge in [-0.3, -0.25) is 24.0 Å². The predicted molar refractivity (Wildman–Crippen MR) is 123 cm³/mol. The van der Waals surface area contributed by atoms with E-state index in [9.17, 15) is 19.2 Å². The number of amides is 2. The molecule has 3 rings (SSSR count). The minimum absolute atomic E-state index is 0.199. The summed E-state index contributed by atoms with van der Waals surface area (Å²) in [4.78, 5) is 49.9. The molecule has 0 aliphatic heterocycles. The average Bonchev–Trinajstić information content (AvgIpc) is 2.76. The number of anilines is 2. The first-order valence-corrected chi connectivity index (χ1v) is 10.4. The van der Waals surface area contributed by atoms with Gasteiger partial charge < -0.3 is 10.1 Å². The van der Waals surface area contributed by atoms with E-state index >= 15 is 0 Å². The van der Waals surface area contributed by atoms with E-state index < -0.39 is 17.7 Å². The number of ether oxygens (including phenoxy) is 1. The lowest BCUT2D eigenvalue weighted by molar-refractivity contribution is -0.116. The molecule has 1 aromatic heterocycles. The zero-order chi connectivity index (χ0) is 23.3. The normalized spacial score (nSPS) is 10.9. The maximum Gasteiger partial charge on any atom is 0.411 e. The van der Waals surface area contributed by atoms with Crippen LogP contribution in [0.4, 0.5) is 16.2 Å². The van der Waals surface area contributed by atoms with Crippen LogP contribution in [0, 0.1) is 5.92 Å². The second kappa shape index (κ2) is 9.95. The van der Waals surface area contributed by atoms with Gasteiger partial charge in [-0.15, -0.1) is 0 Å². The van der Waals surface area contributed by atoms with Gasteiger partial charge in [0.1, 0.15) is 6.54 Å². The van der Waals surface area contributed by atoms with Gasteiger partial charge in [-0.1, -0.05) is 32.0 Å². The summed E-state index contributed by atoms with van der Waals surface area (Å²) in [5, 5.41) is 5.70. The van der Waals surface area contributed by atoms with Gasteiger partial charge in [0.05, 0.1) is 17.5 Å².